The van der Waals surface area contributed by atoms with Gasteiger partial charge in [0, 0.05) is 31.2 Å². The van der Waals surface area contributed by atoms with Crippen LogP contribution in [0.1, 0.15) is 67.1 Å². The van der Waals surface area contributed by atoms with Crippen molar-refractivity contribution in [1.82, 2.24) is 20.0 Å². The van der Waals surface area contributed by atoms with Crippen LogP contribution in [0.15, 0.2) is 24.3 Å². The van der Waals surface area contributed by atoms with Crippen molar-refractivity contribution in [3.8, 4) is 6.07 Å². The first kappa shape index (κ1) is 23.0. The van der Waals surface area contributed by atoms with Gasteiger partial charge in [-0.05, 0) is 63.3 Å². The summed E-state index contributed by atoms with van der Waals surface area (Å²) in [7, 11) is 0. The van der Waals surface area contributed by atoms with Crippen LogP contribution in [-0.4, -0.2) is 33.2 Å². The Hall–Kier alpha value is -2.65. The Morgan fingerprint density at radius 2 is 2.03 bits per heavy atom. The van der Waals surface area contributed by atoms with Gasteiger partial charge in [-0.15, -0.1) is 0 Å². The number of piperidine rings is 1. The number of carbonyl (C=O) groups is 1. The normalized spacial score (nSPS) is 16.8. The second-order valence-corrected chi connectivity index (χ2v) is 8.64. The quantitative estimate of drug-likeness (QED) is 0.663. The minimum atomic E-state index is 0.0599. The fraction of sp³-hybridized carbons (Fsp3) is 0.560. The van der Waals surface area contributed by atoms with Crippen molar-refractivity contribution in [3.63, 3.8) is 0 Å². The van der Waals surface area contributed by atoms with Gasteiger partial charge in [0.15, 0.2) is 0 Å². The molecule has 6 nitrogen and oxygen atoms in total. The highest BCUT2D eigenvalue weighted by Crippen LogP contribution is 2.21. The van der Waals surface area contributed by atoms with Gasteiger partial charge in [0.05, 0.1) is 24.7 Å². The maximum Gasteiger partial charge on any atom is 0.220 e. The highest BCUT2D eigenvalue weighted by atomic mass is 16.1. The SMILES string of the molecule is Cc1nn(CCC#N)c(C)c1CCC(=O)NCc1ccccc1CN1CCCCC1C. The summed E-state index contributed by atoms with van der Waals surface area (Å²) in [4.78, 5) is 15.1. The number of hydrogen-bond donors (Lipinski definition) is 1. The van der Waals surface area contributed by atoms with Crippen molar-refractivity contribution in [2.75, 3.05) is 6.54 Å². The largest absolute Gasteiger partial charge is 0.352 e. The molecule has 1 N–H and O–H groups in total. The third kappa shape index (κ3) is 6.18. The van der Waals surface area contributed by atoms with Gasteiger partial charge in [-0.1, -0.05) is 30.7 Å². The molecule has 6 heteroatoms. The van der Waals surface area contributed by atoms with Crippen molar-refractivity contribution in [2.24, 2.45) is 0 Å². The first-order valence-corrected chi connectivity index (χ1v) is 11.5. The first-order chi connectivity index (χ1) is 15.0. The number of nitrogens with one attached hydrogen (secondary N) is 1. The summed E-state index contributed by atoms with van der Waals surface area (Å²) in [5.41, 5.74) is 5.63. The minimum absolute atomic E-state index is 0.0599. The summed E-state index contributed by atoms with van der Waals surface area (Å²) in [5, 5.41) is 16.4. The number of aromatic nitrogens is 2. The zero-order valence-corrected chi connectivity index (χ0v) is 19.2. The summed E-state index contributed by atoms with van der Waals surface area (Å²) in [5.74, 6) is 0.0599. The lowest BCUT2D eigenvalue weighted by molar-refractivity contribution is -0.121. The van der Waals surface area contributed by atoms with E-state index in [0.717, 1.165) is 30.0 Å². The molecule has 31 heavy (non-hydrogen) atoms. The van der Waals surface area contributed by atoms with Crippen molar-refractivity contribution in [2.45, 2.75) is 85.0 Å². The van der Waals surface area contributed by atoms with Gasteiger partial charge in [-0.3, -0.25) is 14.4 Å². The number of aryl methyl sites for hydroxylation is 2. The van der Waals surface area contributed by atoms with Gasteiger partial charge in [0.1, 0.15) is 0 Å². The summed E-state index contributed by atoms with van der Waals surface area (Å²) in [6, 6.07) is 11.2. The van der Waals surface area contributed by atoms with Crippen molar-refractivity contribution >= 4 is 5.91 Å². The topological polar surface area (TPSA) is 73.9 Å². The number of hydrogen-bond acceptors (Lipinski definition) is 4. The predicted molar refractivity (Wildman–Crippen MR) is 122 cm³/mol. The van der Waals surface area contributed by atoms with Crippen LogP contribution in [0.3, 0.4) is 0 Å². The molecule has 1 saturated heterocycles. The lowest BCUT2D eigenvalue weighted by Crippen LogP contribution is -2.37. The average molecular weight is 422 g/mol. The maximum atomic E-state index is 12.6. The number of nitrogens with zero attached hydrogens (tertiary/aromatic N) is 4. The molecule has 2 aromatic rings. The highest BCUT2D eigenvalue weighted by Gasteiger charge is 2.19. The maximum absolute atomic E-state index is 12.6. The lowest BCUT2D eigenvalue weighted by atomic mass is 10.0. The lowest BCUT2D eigenvalue weighted by Gasteiger charge is -2.33. The van der Waals surface area contributed by atoms with Gasteiger partial charge in [0.25, 0.3) is 0 Å². The second-order valence-electron chi connectivity index (χ2n) is 8.64. The van der Waals surface area contributed by atoms with Gasteiger partial charge >= 0.3 is 0 Å². The average Bonchev–Trinajstić information content (AvgIpc) is 3.04. The van der Waals surface area contributed by atoms with Crippen LogP contribution >= 0.6 is 0 Å². The molecule has 0 aliphatic carbocycles. The molecule has 0 spiro atoms. The van der Waals surface area contributed by atoms with Crippen LogP contribution in [-0.2, 0) is 30.8 Å². The first-order valence-electron chi connectivity index (χ1n) is 11.5. The van der Waals surface area contributed by atoms with E-state index in [9.17, 15) is 4.79 Å². The molecular weight excluding hydrogens is 386 g/mol. The van der Waals surface area contributed by atoms with Crippen LogP contribution in [0, 0.1) is 25.2 Å². The third-order valence-electron chi connectivity index (χ3n) is 6.48. The van der Waals surface area contributed by atoms with E-state index >= 15 is 0 Å². The third-order valence-corrected chi connectivity index (χ3v) is 6.48. The van der Waals surface area contributed by atoms with Crippen LogP contribution in [0.5, 0.6) is 0 Å². The predicted octanol–water partition coefficient (Wildman–Crippen LogP) is 4.04. The minimum Gasteiger partial charge on any atom is -0.352 e. The van der Waals surface area contributed by atoms with Crippen molar-refractivity contribution < 1.29 is 4.79 Å². The molecule has 0 saturated carbocycles. The molecule has 0 radical (unpaired) electrons. The molecule has 1 aliphatic rings. The van der Waals surface area contributed by atoms with Gasteiger partial charge in [-0.2, -0.15) is 10.4 Å². The van der Waals surface area contributed by atoms with Crippen LogP contribution in [0.4, 0.5) is 0 Å². The zero-order valence-electron chi connectivity index (χ0n) is 19.2. The van der Waals surface area contributed by atoms with E-state index in [1.165, 1.54) is 30.4 Å². The van der Waals surface area contributed by atoms with Gasteiger partial charge in [0.2, 0.25) is 5.91 Å². The number of amides is 1. The van der Waals surface area contributed by atoms with Crippen LogP contribution in [0.25, 0.3) is 0 Å². The summed E-state index contributed by atoms with van der Waals surface area (Å²) >= 11 is 0. The Balaban J connectivity index is 1.54. The van der Waals surface area contributed by atoms with Crippen molar-refractivity contribution in [1.29, 1.82) is 5.26 Å². The molecular formula is C25H35N5O. The summed E-state index contributed by atoms with van der Waals surface area (Å²) in [6.07, 6.45) is 5.42. The smallest absolute Gasteiger partial charge is 0.220 e. The van der Waals surface area contributed by atoms with E-state index in [1.807, 2.05) is 24.6 Å². The zero-order chi connectivity index (χ0) is 22.2. The van der Waals surface area contributed by atoms with Crippen LogP contribution < -0.4 is 5.32 Å². The standard InChI is InChI=1S/C25H35N5O/c1-19-9-6-7-15-29(19)18-23-11-5-4-10-22(23)17-27-25(31)13-12-24-20(2)28-30(21(24)3)16-8-14-26/h4-5,10-11,19H,6-9,12-13,15-18H2,1-3H3,(H,27,31). The highest BCUT2D eigenvalue weighted by molar-refractivity contribution is 5.76. The van der Waals surface area contributed by atoms with E-state index < -0.39 is 0 Å². The van der Waals surface area contributed by atoms with Gasteiger partial charge < -0.3 is 5.32 Å². The Morgan fingerprint density at radius 3 is 2.77 bits per heavy atom. The molecule has 1 amide bonds. The molecule has 1 atom stereocenters. The summed E-state index contributed by atoms with van der Waals surface area (Å²) < 4.78 is 1.88. The molecule has 166 valence electrons. The molecule has 1 aromatic heterocycles. The Kier molecular flexibility index (Phi) is 8.25. The van der Waals surface area contributed by atoms with Gasteiger partial charge in [-0.25, -0.2) is 0 Å². The molecule has 2 heterocycles. The molecule has 0 bridgehead atoms. The number of nitriles is 1. The molecule has 1 fully saturated rings. The Labute approximate surface area is 186 Å². The molecule has 1 aliphatic heterocycles. The van der Waals surface area contributed by atoms with E-state index in [-0.39, 0.29) is 5.91 Å². The number of benzene rings is 1. The fourth-order valence-corrected chi connectivity index (χ4v) is 4.49. The number of likely N-dealkylation sites (tertiary alicyclic amines) is 1. The number of rotatable bonds is 9. The Bertz CT molecular complexity index is 926. The molecule has 3 rings (SSSR count). The fourth-order valence-electron chi connectivity index (χ4n) is 4.49. The van der Waals surface area contributed by atoms with E-state index in [1.54, 1.807) is 0 Å². The molecule has 1 unspecified atom stereocenters. The molecule has 1 aromatic carbocycles. The monoisotopic (exact) mass is 421 g/mol. The second kappa shape index (κ2) is 11.1. The van der Waals surface area contributed by atoms with E-state index in [4.69, 9.17) is 5.26 Å². The van der Waals surface area contributed by atoms with E-state index in [2.05, 4.69) is 46.5 Å². The van der Waals surface area contributed by atoms with Crippen LogP contribution in [0.2, 0.25) is 0 Å². The number of carbonyl (C=O) groups excluding carboxylic acids is 1. The summed E-state index contributed by atoms with van der Waals surface area (Å²) in [6.45, 7) is 9.58. The van der Waals surface area contributed by atoms with E-state index in [0.29, 0.717) is 38.4 Å². The Morgan fingerprint density at radius 1 is 1.26 bits per heavy atom. The van der Waals surface area contributed by atoms with Crippen molar-refractivity contribution in [3.05, 3.63) is 52.3 Å².